The molecule has 0 aliphatic heterocycles. The van der Waals surface area contributed by atoms with Crippen molar-refractivity contribution in [2.75, 3.05) is 12.4 Å². The lowest BCUT2D eigenvalue weighted by atomic mass is 10.3. The molecule has 3 nitrogen and oxygen atoms in total. The van der Waals surface area contributed by atoms with Gasteiger partial charge in [0.05, 0.1) is 12.8 Å². The molecule has 20 heavy (non-hydrogen) atoms. The number of hydrogen-bond donors (Lipinski definition) is 1. The van der Waals surface area contributed by atoms with Gasteiger partial charge in [0.1, 0.15) is 5.75 Å². The number of rotatable bonds is 4. The van der Waals surface area contributed by atoms with Gasteiger partial charge in [0, 0.05) is 0 Å². The zero-order valence-corrected chi connectivity index (χ0v) is 10.5. The third kappa shape index (κ3) is 2.92. The predicted molar refractivity (Wildman–Crippen MR) is 59.7 cm³/mol. The monoisotopic (exact) mass is 327 g/mol. The number of halogens is 7. The van der Waals surface area contributed by atoms with E-state index in [1.165, 1.54) is 12.1 Å². The average molecular weight is 327 g/mol. The Bertz CT molecular complexity index is 542. The molecule has 116 valence electrons. The molecule has 0 aliphatic carbocycles. The second kappa shape index (κ2) is 3.93. The fourth-order valence-electron chi connectivity index (χ4n) is 1.12. The van der Waals surface area contributed by atoms with Crippen LogP contribution in [0.2, 0.25) is 0 Å². The molecule has 0 aliphatic rings. The number of carbonyl (C=O) groups is 1. The minimum absolute atomic E-state index is 0.265. The van der Waals surface area contributed by atoms with E-state index in [0.29, 0.717) is 0 Å². The number of alkyl halides is 2. The van der Waals surface area contributed by atoms with Crippen LogP contribution in [0, 0.1) is 0 Å². The van der Waals surface area contributed by atoms with Crippen LogP contribution in [0.25, 0.3) is 0 Å². The number of methoxy groups -OCH3 is 1. The summed E-state index contributed by atoms with van der Waals surface area (Å²) in [4.78, 5) is 10.9. The Balaban J connectivity index is 3.15. The zero-order chi connectivity index (χ0) is 15.9. The molecular weight excluding hydrogens is 319 g/mol. The van der Waals surface area contributed by atoms with Gasteiger partial charge in [-0.2, -0.15) is 8.78 Å². The lowest BCUT2D eigenvalue weighted by molar-refractivity contribution is -0.132. The fourth-order valence-corrected chi connectivity index (χ4v) is 1.52. The molecule has 11 heteroatoms. The highest BCUT2D eigenvalue weighted by Crippen LogP contribution is 3.04. The molecule has 0 unspecified atom stereocenters. The number of para-hydroxylation sites is 2. The van der Waals surface area contributed by atoms with Crippen LogP contribution in [-0.2, 0) is 4.79 Å². The molecule has 1 N–H and O–H groups in total. The number of amides is 1. The summed E-state index contributed by atoms with van der Waals surface area (Å²) in [5, 5.41) is -5.73. The average Bonchev–Trinajstić information content (AvgIpc) is 2.26. The number of nitrogens with one attached hydrogen (secondary N) is 1. The van der Waals surface area contributed by atoms with E-state index < -0.39 is 27.1 Å². The molecule has 0 fully saturated rings. The number of benzene rings is 1. The summed E-state index contributed by atoms with van der Waals surface area (Å²) >= 11 is 0. The van der Waals surface area contributed by atoms with Crippen molar-refractivity contribution in [2.24, 2.45) is 0 Å². The van der Waals surface area contributed by atoms with Crippen molar-refractivity contribution >= 4 is 21.8 Å². The topological polar surface area (TPSA) is 38.3 Å². The quantitative estimate of drug-likeness (QED) is 0.826. The van der Waals surface area contributed by atoms with Crippen molar-refractivity contribution in [3.63, 3.8) is 0 Å². The van der Waals surface area contributed by atoms with Gasteiger partial charge < -0.3 is 10.1 Å². The highest BCUT2D eigenvalue weighted by atomic mass is 32.5. The summed E-state index contributed by atoms with van der Waals surface area (Å²) in [7, 11) is -10.3. The van der Waals surface area contributed by atoms with Gasteiger partial charge in [-0.15, -0.1) is 0 Å². The third-order valence-electron chi connectivity index (χ3n) is 2.10. The van der Waals surface area contributed by atoms with Gasteiger partial charge >= 0.3 is 21.4 Å². The van der Waals surface area contributed by atoms with E-state index in [9.17, 15) is 33.0 Å². The van der Waals surface area contributed by atoms with Crippen LogP contribution < -0.4 is 10.1 Å². The largest absolute Gasteiger partial charge is 0.495 e. The van der Waals surface area contributed by atoms with Crippen molar-refractivity contribution in [2.45, 2.75) is 5.25 Å². The predicted octanol–water partition coefficient (Wildman–Crippen LogP) is 4.53. The van der Waals surface area contributed by atoms with Crippen molar-refractivity contribution in [1.82, 2.24) is 0 Å². The maximum Gasteiger partial charge on any atom is 0.459 e. The second-order valence-electron chi connectivity index (χ2n) is 3.64. The summed E-state index contributed by atoms with van der Waals surface area (Å²) in [6.45, 7) is 0. The van der Waals surface area contributed by atoms with Crippen LogP contribution in [0.5, 0.6) is 5.75 Å². The van der Waals surface area contributed by atoms with Gasteiger partial charge in [0.15, 0.2) is 0 Å². The van der Waals surface area contributed by atoms with Gasteiger partial charge in [-0.25, -0.2) is 0 Å². The van der Waals surface area contributed by atoms with Gasteiger partial charge in [0.2, 0.25) is 0 Å². The SMILES string of the molecule is COc1ccccc1NC(=O)C(F)(F)S(F)(F)(F)(F)F. The van der Waals surface area contributed by atoms with E-state index in [4.69, 9.17) is 0 Å². The van der Waals surface area contributed by atoms with E-state index in [-0.39, 0.29) is 5.75 Å². The number of carbonyl (C=O) groups excluding carboxylic acids is 1. The van der Waals surface area contributed by atoms with E-state index in [2.05, 4.69) is 4.74 Å². The first kappa shape index (κ1) is 16.4. The molecule has 0 aromatic heterocycles. The standard InChI is InChI=1S/C9H8F7NO2S/c1-19-7-5-3-2-4-6(7)17-8(18)9(10,11)20(12,13,14,15)16/h2-5H,1H3,(H,17,18). The molecule has 0 atom stereocenters. The Morgan fingerprint density at radius 2 is 1.65 bits per heavy atom. The summed E-state index contributed by atoms with van der Waals surface area (Å²) in [5.41, 5.74) is -0.596. The molecule has 0 radical (unpaired) electrons. The molecule has 0 bridgehead atoms. The summed E-state index contributed by atoms with van der Waals surface area (Å²) in [5.74, 6) is -3.44. The van der Waals surface area contributed by atoms with Crippen LogP contribution in [0.3, 0.4) is 0 Å². The first-order valence-electron chi connectivity index (χ1n) is 4.75. The van der Waals surface area contributed by atoms with Crippen molar-refractivity contribution in [3.05, 3.63) is 24.3 Å². The van der Waals surface area contributed by atoms with E-state index in [1.807, 2.05) is 0 Å². The number of hydrogen-bond acceptors (Lipinski definition) is 2. The molecule has 0 saturated carbocycles. The van der Waals surface area contributed by atoms with Gasteiger partial charge in [-0.1, -0.05) is 31.6 Å². The maximum absolute atomic E-state index is 12.7. The van der Waals surface area contributed by atoms with Gasteiger partial charge in [-0.3, -0.25) is 4.79 Å². The van der Waals surface area contributed by atoms with Crippen molar-refractivity contribution in [3.8, 4) is 5.75 Å². The van der Waals surface area contributed by atoms with E-state index in [0.717, 1.165) is 24.6 Å². The van der Waals surface area contributed by atoms with E-state index in [1.54, 1.807) is 0 Å². The minimum atomic E-state index is -11.3. The molecule has 1 amide bonds. The van der Waals surface area contributed by atoms with Crippen LogP contribution in [0.1, 0.15) is 0 Å². The molecule has 0 spiro atoms. The summed E-state index contributed by atoms with van der Waals surface area (Å²) < 4.78 is 90.5. The normalized spacial score (nSPS) is 16.0. The first-order chi connectivity index (χ1) is 8.69. The smallest absolute Gasteiger partial charge is 0.459 e. The molecular formula is C9H8F7NO2S. The maximum atomic E-state index is 12.7. The zero-order valence-electron chi connectivity index (χ0n) is 9.68. The third-order valence-corrected chi connectivity index (χ3v) is 3.26. The summed E-state index contributed by atoms with van der Waals surface area (Å²) in [6.07, 6.45) is 0. The van der Waals surface area contributed by atoms with Gasteiger partial charge in [-0.05, 0) is 12.1 Å². The number of anilines is 1. The molecule has 1 aromatic rings. The highest BCUT2D eigenvalue weighted by molar-refractivity contribution is 8.47. The van der Waals surface area contributed by atoms with Gasteiger partial charge in [0.25, 0.3) is 0 Å². The lowest BCUT2D eigenvalue weighted by Gasteiger charge is -2.44. The molecule has 1 rings (SSSR count). The van der Waals surface area contributed by atoms with Crippen molar-refractivity contribution in [1.29, 1.82) is 0 Å². The summed E-state index contributed by atoms with van der Waals surface area (Å²) in [6, 6.07) is 4.55. The fraction of sp³-hybridized carbons (Fsp3) is 0.222. The molecule has 1 aromatic carbocycles. The minimum Gasteiger partial charge on any atom is -0.495 e. The second-order valence-corrected chi connectivity index (χ2v) is 6.09. The Hall–Kier alpha value is -1.65. The van der Waals surface area contributed by atoms with E-state index >= 15 is 0 Å². The Morgan fingerprint density at radius 1 is 1.15 bits per heavy atom. The van der Waals surface area contributed by atoms with Crippen LogP contribution >= 0.6 is 10.2 Å². The Morgan fingerprint density at radius 3 is 2.10 bits per heavy atom. The van der Waals surface area contributed by atoms with Crippen LogP contribution in [0.4, 0.5) is 33.9 Å². The number of ether oxygens (including phenoxy) is 1. The van der Waals surface area contributed by atoms with Crippen LogP contribution in [-0.4, -0.2) is 18.3 Å². The van der Waals surface area contributed by atoms with Crippen LogP contribution in [0.15, 0.2) is 24.3 Å². The van der Waals surface area contributed by atoms with Crippen molar-refractivity contribution < 1.29 is 37.7 Å². The molecule has 0 heterocycles. The highest BCUT2D eigenvalue weighted by Gasteiger charge is 2.86. The lowest BCUT2D eigenvalue weighted by Crippen LogP contribution is -2.44. The molecule has 0 saturated heterocycles. The Kier molecular flexibility index (Phi) is 3.22. The first-order valence-corrected chi connectivity index (χ1v) is 6.70. The Labute approximate surface area is 108 Å².